The zero-order chi connectivity index (χ0) is 12.3. The number of hydrogen-bond acceptors (Lipinski definition) is 3. The molecule has 96 valence electrons. The maximum absolute atomic E-state index is 6.17. The minimum Gasteiger partial charge on any atom is -0.369 e. The molecule has 1 fully saturated rings. The smallest absolute Gasteiger partial charge is 0.0981 e. The molecule has 0 bridgehead atoms. The fraction of sp³-hybridized carbons (Fsp3) is 0.769. The molecular weight excluding hydrogens is 214 g/mol. The van der Waals surface area contributed by atoms with Crippen LogP contribution in [0.15, 0.2) is 12.4 Å². The van der Waals surface area contributed by atoms with Gasteiger partial charge in [-0.2, -0.15) is 5.10 Å². The Balaban J connectivity index is 1.99. The van der Waals surface area contributed by atoms with E-state index in [9.17, 15) is 0 Å². The Hall–Kier alpha value is -0.870. The predicted molar refractivity (Wildman–Crippen MR) is 67.5 cm³/mol. The van der Waals surface area contributed by atoms with Gasteiger partial charge in [0.05, 0.1) is 18.4 Å². The van der Waals surface area contributed by atoms with Crippen LogP contribution >= 0.6 is 0 Å². The summed E-state index contributed by atoms with van der Waals surface area (Å²) < 4.78 is 7.97. The highest BCUT2D eigenvalue weighted by Crippen LogP contribution is 2.30. The van der Waals surface area contributed by atoms with Crippen molar-refractivity contribution in [2.24, 2.45) is 18.7 Å². The molecule has 3 atom stereocenters. The topological polar surface area (TPSA) is 53.1 Å². The van der Waals surface area contributed by atoms with Crippen molar-refractivity contribution in [1.82, 2.24) is 9.78 Å². The van der Waals surface area contributed by atoms with Crippen molar-refractivity contribution < 1.29 is 4.74 Å². The lowest BCUT2D eigenvalue weighted by molar-refractivity contribution is -0.0533. The normalized spacial score (nSPS) is 27.0. The van der Waals surface area contributed by atoms with Gasteiger partial charge in [0.25, 0.3) is 0 Å². The molecule has 1 heterocycles. The Kier molecular flexibility index (Phi) is 4.18. The van der Waals surface area contributed by atoms with Crippen LogP contribution in [-0.2, 0) is 11.8 Å². The maximum atomic E-state index is 6.17. The van der Waals surface area contributed by atoms with Crippen LogP contribution in [0.4, 0.5) is 0 Å². The summed E-state index contributed by atoms with van der Waals surface area (Å²) in [7, 11) is 1.92. The molecule has 3 unspecified atom stereocenters. The van der Waals surface area contributed by atoms with Gasteiger partial charge in [0, 0.05) is 25.4 Å². The number of aryl methyl sites for hydroxylation is 1. The first kappa shape index (κ1) is 12.6. The van der Waals surface area contributed by atoms with Crippen molar-refractivity contribution in [1.29, 1.82) is 0 Å². The molecule has 0 aromatic carbocycles. The molecule has 0 aliphatic heterocycles. The van der Waals surface area contributed by atoms with E-state index < -0.39 is 0 Å². The second-order valence-corrected chi connectivity index (χ2v) is 5.11. The second kappa shape index (κ2) is 5.65. The third-order valence-electron chi connectivity index (χ3n) is 3.68. The minimum absolute atomic E-state index is 0.00532. The third-order valence-corrected chi connectivity index (χ3v) is 3.68. The summed E-state index contributed by atoms with van der Waals surface area (Å²) in [5, 5.41) is 4.18. The minimum atomic E-state index is -0.00532. The highest BCUT2D eigenvalue weighted by atomic mass is 16.5. The van der Waals surface area contributed by atoms with Crippen LogP contribution < -0.4 is 5.73 Å². The van der Waals surface area contributed by atoms with E-state index in [0.717, 1.165) is 12.0 Å². The summed E-state index contributed by atoms with van der Waals surface area (Å²) in [6.07, 6.45) is 9.25. The van der Waals surface area contributed by atoms with E-state index in [1.54, 1.807) is 4.68 Å². The zero-order valence-corrected chi connectivity index (χ0v) is 10.8. The number of rotatable bonds is 4. The molecule has 0 radical (unpaired) electrons. The fourth-order valence-electron chi connectivity index (χ4n) is 2.57. The van der Waals surface area contributed by atoms with Crippen molar-refractivity contribution in [3.8, 4) is 0 Å². The summed E-state index contributed by atoms with van der Waals surface area (Å²) >= 11 is 0. The second-order valence-electron chi connectivity index (χ2n) is 5.11. The van der Waals surface area contributed by atoms with Gasteiger partial charge >= 0.3 is 0 Å². The Morgan fingerprint density at radius 1 is 1.53 bits per heavy atom. The molecule has 0 amide bonds. The van der Waals surface area contributed by atoms with E-state index in [1.165, 1.54) is 19.3 Å². The summed E-state index contributed by atoms with van der Waals surface area (Å²) in [5.74, 6) is 0.648. The Morgan fingerprint density at radius 2 is 2.29 bits per heavy atom. The first-order valence-corrected chi connectivity index (χ1v) is 6.54. The zero-order valence-electron chi connectivity index (χ0n) is 10.8. The lowest BCUT2D eigenvalue weighted by Gasteiger charge is -2.31. The van der Waals surface area contributed by atoms with Gasteiger partial charge in [-0.15, -0.1) is 0 Å². The van der Waals surface area contributed by atoms with Crippen LogP contribution in [0.3, 0.4) is 0 Å². The predicted octanol–water partition coefficient (Wildman–Crippen LogP) is 2.02. The monoisotopic (exact) mass is 237 g/mol. The van der Waals surface area contributed by atoms with E-state index in [1.807, 2.05) is 19.4 Å². The van der Waals surface area contributed by atoms with Crippen LogP contribution in [0, 0.1) is 5.92 Å². The molecular formula is C13H23N3O. The molecule has 1 aromatic rings. The Labute approximate surface area is 103 Å². The molecule has 17 heavy (non-hydrogen) atoms. The quantitative estimate of drug-likeness (QED) is 0.871. The fourth-order valence-corrected chi connectivity index (χ4v) is 2.57. The van der Waals surface area contributed by atoms with Crippen LogP contribution in [-0.4, -0.2) is 22.4 Å². The van der Waals surface area contributed by atoms with Crippen molar-refractivity contribution in [2.75, 3.05) is 6.54 Å². The Bertz CT molecular complexity index is 350. The number of hydrogen-bond donors (Lipinski definition) is 1. The molecule has 4 nitrogen and oxygen atoms in total. The van der Waals surface area contributed by atoms with Crippen molar-refractivity contribution >= 4 is 0 Å². The number of nitrogens with zero attached hydrogens (tertiary/aromatic N) is 2. The van der Waals surface area contributed by atoms with Gasteiger partial charge in [-0.25, -0.2) is 0 Å². The number of nitrogens with two attached hydrogens (primary N) is 1. The lowest BCUT2D eigenvalue weighted by Crippen LogP contribution is -2.29. The van der Waals surface area contributed by atoms with Crippen molar-refractivity contribution in [3.05, 3.63) is 18.0 Å². The van der Waals surface area contributed by atoms with Gasteiger partial charge < -0.3 is 10.5 Å². The molecule has 1 aliphatic carbocycles. The van der Waals surface area contributed by atoms with Gasteiger partial charge in [-0.05, 0) is 18.8 Å². The average Bonchev–Trinajstić information content (AvgIpc) is 2.75. The van der Waals surface area contributed by atoms with E-state index >= 15 is 0 Å². The molecule has 1 aromatic heterocycles. The maximum Gasteiger partial charge on any atom is 0.0981 e. The summed E-state index contributed by atoms with van der Waals surface area (Å²) in [6, 6.07) is 0. The molecule has 0 saturated heterocycles. The highest BCUT2D eigenvalue weighted by molar-refractivity contribution is 5.08. The first-order valence-electron chi connectivity index (χ1n) is 6.54. The van der Waals surface area contributed by atoms with Crippen LogP contribution in [0.25, 0.3) is 0 Å². The standard InChI is InChI=1S/C13H23N3O/c1-10-5-3-4-6-12(10)17-13(7-14)11-8-15-16(2)9-11/h8-10,12-13H,3-7,14H2,1-2H3. The lowest BCUT2D eigenvalue weighted by atomic mass is 9.88. The van der Waals surface area contributed by atoms with Gasteiger partial charge in [-0.1, -0.05) is 19.8 Å². The van der Waals surface area contributed by atoms with Crippen molar-refractivity contribution in [2.45, 2.75) is 44.8 Å². The van der Waals surface area contributed by atoms with Gasteiger partial charge in [0.2, 0.25) is 0 Å². The molecule has 4 heteroatoms. The molecule has 0 spiro atoms. The third kappa shape index (κ3) is 3.07. The van der Waals surface area contributed by atoms with Gasteiger partial charge in [-0.3, -0.25) is 4.68 Å². The van der Waals surface area contributed by atoms with Crippen molar-refractivity contribution in [3.63, 3.8) is 0 Å². The van der Waals surface area contributed by atoms with E-state index in [4.69, 9.17) is 10.5 Å². The summed E-state index contributed by atoms with van der Waals surface area (Å²) in [4.78, 5) is 0. The van der Waals surface area contributed by atoms with Crippen LogP contribution in [0.1, 0.15) is 44.3 Å². The van der Waals surface area contributed by atoms with E-state index in [2.05, 4.69) is 12.0 Å². The van der Waals surface area contributed by atoms with Crippen LogP contribution in [0.5, 0.6) is 0 Å². The van der Waals surface area contributed by atoms with E-state index in [-0.39, 0.29) is 6.10 Å². The number of ether oxygens (including phenoxy) is 1. The SMILES string of the molecule is CC1CCCCC1OC(CN)c1cnn(C)c1. The van der Waals surface area contributed by atoms with Gasteiger partial charge in [0.1, 0.15) is 0 Å². The largest absolute Gasteiger partial charge is 0.369 e. The molecule has 2 N–H and O–H groups in total. The number of aromatic nitrogens is 2. The molecule has 1 aliphatic rings. The summed E-state index contributed by atoms with van der Waals surface area (Å²) in [6.45, 7) is 2.80. The average molecular weight is 237 g/mol. The molecule has 1 saturated carbocycles. The van der Waals surface area contributed by atoms with Crippen LogP contribution in [0.2, 0.25) is 0 Å². The Morgan fingerprint density at radius 3 is 2.88 bits per heavy atom. The van der Waals surface area contributed by atoms with E-state index in [0.29, 0.717) is 18.6 Å². The summed E-state index contributed by atoms with van der Waals surface area (Å²) in [5.41, 5.74) is 6.91. The first-order chi connectivity index (χ1) is 8.20. The highest BCUT2D eigenvalue weighted by Gasteiger charge is 2.25. The molecule has 2 rings (SSSR count). The van der Waals surface area contributed by atoms with Gasteiger partial charge in [0.15, 0.2) is 0 Å².